The molecule has 0 atom stereocenters. The summed E-state index contributed by atoms with van der Waals surface area (Å²) in [6.45, 7) is 0.445. The molecule has 1 aromatic heterocycles. The lowest BCUT2D eigenvalue weighted by atomic mass is 10.1. The number of nitrogens with zero attached hydrogens (tertiary/aromatic N) is 3. The van der Waals surface area contributed by atoms with Crippen molar-refractivity contribution in [2.75, 3.05) is 0 Å². The van der Waals surface area contributed by atoms with Gasteiger partial charge in [-0.1, -0.05) is 18.2 Å². The Bertz CT molecular complexity index is 548. The van der Waals surface area contributed by atoms with Crippen LogP contribution in [0.3, 0.4) is 0 Å². The maximum atomic E-state index is 12.7. The minimum Gasteiger partial charge on any atom is -0.306 e. The molecule has 1 heterocycles. The number of hydrogen-bond acceptors (Lipinski definition) is 3. The molecule has 1 N–H and O–H groups in total. The van der Waals surface area contributed by atoms with E-state index in [9.17, 15) is 13.2 Å². The van der Waals surface area contributed by atoms with Crippen LogP contribution in [0.5, 0.6) is 0 Å². The van der Waals surface area contributed by atoms with Crippen molar-refractivity contribution in [3.63, 3.8) is 0 Å². The number of alkyl halides is 3. The van der Waals surface area contributed by atoms with Crippen molar-refractivity contribution in [1.29, 1.82) is 0 Å². The molecule has 19 heavy (non-hydrogen) atoms. The van der Waals surface area contributed by atoms with Crippen molar-refractivity contribution < 1.29 is 13.2 Å². The molecule has 0 radical (unpaired) electrons. The third-order valence-corrected chi connectivity index (χ3v) is 2.57. The van der Waals surface area contributed by atoms with Crippen molar-refractivity contribution >= 4 is 0 Å². The fourth-order valence-electron chi connectivity index (χ4n) is 1.72. The van der Waals surface area contributed by atoms with Crippen molar-refractivity contribution in [3.8, 4) is 0 Å². The number of nitrogens with one attached hydrogen (secondary N) is 1. The molecule has 1 aromatic carbocycles. The van der Waals surface area contributed by atoms with Crippen LogP contribution in [0.1, 0.15) is 17.0 Å². The summed E-state index contributed by atoms with van der Waals surface area (Å²) in [4.78, 5) is 3.99. The second-order valence-corrected chi connectivity index (χ2v) is 4.09. The fourth-order valence-corrected chi connectivity index (χ4v) is 1.72. The summed E-state index contributed by atoms with van der Waals surface area (Å²) in [7, 11) is 1.73. The Hall–Kier alpha value is -1.89. The van der Waals surface area contributed by atoms with Gasteiger partial charge < -0.3 is 5.32 Å². The van der Waals surface area contributed by atoms with Gasteiger partial charge in [0.15, 0.2) is 5.82 Å². The Labute approximate surface area is 108 Å². The average Bonchev–Trinajstić information content (AvgIpc) is 2.74. The van der Waals surface area contributed by atoms with Gasteiger partial charge in [0.25, 0.3) is 0 Å². The zero-order valence-electron chi connectivity index (χ0n) is 10.3. The van der Waals surface area contributed by atoms with Crippen LogP contribution < -0.4 is 5.32 Å². The summed E-state index contributed by atoms with van der Waals surface area (Å²) in [6.07, 6.45) is -2.79. The third kappa shape index (κ3) is 3.54. The predicted molar refractivity (Wildman–Crippen MR) is 63.0 cm³/mol. The van der Waals surface area contributed by atoms with Crippen molar-refractivity contribution in [3.05, 3.63) is 47.5 Å². The zero-order chi connectivity index (χ0) is 13.9. The van der Waals surface area contributed by atoms with E-state index in [0.29, 0.717) is 12.4 Å². The smallest absolute Gasteiger partial charge is 0.306 e. The molecular weight excluding hydrogens is 257 g/mol. The molecule has 4 nitrogen and oxygen atoms in total. The molecule has 0 amide bonds. The molecule has 0 spiro atoms. The maximum Gasteiger partial charge on any atom is 0.416 e. The topological polar surface area (TPSA) is 42.7 Å². The lowest BCUT2D eigenvalue weighted by Gasteiger charge is -2.12. The van der Waals surface area contributed by atoms with E-state index in [1.54, 1.807) is 24.1 Å². The van der Waals surface area contributed by atoms with Crippen LogP contribution >= 0.6 is 0 Å². The number of hydrogen-bond donors (Lipinski definition) is 1. The first-order valence-electron chi connectivity index (χ1n) is 5.67. The number of halogens is 3. The van der Waals surface area contributed by atoms with Gasteiger partial charge in [0, 0.05) is 13.6 Å². The molecule has 0 unspecified atom stereocenters. The standard InChI is InChI=1S/C12H13F3N4/c1-19-8-17-11(18-19)7-16-6-9-4-2-3-5-10(9)12(13,14)15/h2-5,8,16H,6-7H2,1H3. The molecular formula is C12H13F3N4. The Kier molecular flexibility index (Phi) is 3.84. The van der Waals surface area contributed by atoms with E-state index in [4.69, 9.17) is 0 Å². The molecule has 102 valence electrons. The molecule has 0 fully saturated rings. The van der Waals surface area contributed by atoms with Crippen LogP contribution in [-0.2, 0) is 26.3 Å². The SMILES string of the molecule is Cn1cnc(CNCc2ccccc2C(F)(F)F)n1. The first-order chi connectivity index (χ1) is 8.97. The van der Waals surface area contributed by atoms with Gasteiger partial charge in [-0.25, -0.2) is 4.98 Å². The zero-order valence-corrected chi connectivity index (χ0v) is 10.3. The molecule has 0 bridgehead atoms. The molecule has 0 saturated heterocycles. The van der Waals surface area contributed by atoms with Gasteiger partial charge in [-0.15, -0.1) is 0 Å². The van der Waals surface area contributed by atoms with Crippen LogP contribution in [0.15, 0.2) is 30.6 Å². The number of aryl methyl sites for hydroxylation is 1. The van der Waals surface area contributed by atoms with Gasteiger partial charge in [0.1, 0.15) is 6.33 Å². The highest BCUT2D eigenvalue weighted by molar-refractivity contribution is 5.29. The summed E-state index contributed by atoms with van der Waals surface area (Å²) in [5.74, 6) is 0.548. The Morgan fingerprint density at radius 1 is 1.21 bits per heavy atom. The first-order valence-corrected chi connectivity index (χ1v) is 5.67. The Balaban J connectivity index is 2.00. The number of aromatic nitrogens is 3. The van der Waals surface area contributed by atoms with Gasteiger partial charge in [-0.05, 0) is 11.6 Å². The average molecular weight is 270 g/mol. The number of rotatable bonds is 4. The third-order valence-electron chi connectivity index (χ3n) is 2.57. The summed E-state index contributed by atoms with van der Waals surface area (Å²) in [6, 6.07) is 5.51. The van der Waals surface area contributed by atoms with Gasteiger partial charge >= 0.3 is 6.18 Å². The van der Waals surface area contributed by atoms with Crippen LogP contribution in [0.4, 0.5) is 13.2 Å². The largest absolute Gasteiger partial charge is 0.416 e. The van der Waals surface area contributed by atoms with Gasteiger partial charge in [-0.2, -0.15) is 18.3 Å². The highest BCUT2D eigenvalue weighted by Crippen LogP contribution is 2.31. The molecule has 0 aliphatic heterocycles. The van der Waals surface area contributed by atoms with Crippen LogP contribution in [-0.4, -0.2) is 14.8 Å². The van der Waals surface area contributed by atoms with E-state index >= 15 is 0 Å². The number of benzene rings is 1. The quantitative estimate of drug-likeness (QED) is 0.925. The van der Waals surface area contributed by atoms with E-state index in [1.165, 1.54) is 12.1 Å². The first kappa shape index (κ1) is 13.5. The van der Waals surface area contributed by atoms with Crippen LogP contribution in [0.2, 0.25) is 0 Å². The second kappa shape index (κ2) is 5.40. The fraction of sp³-hybridized carbons (Fsp3) is 0.333. The van der Waals surface area contributed by atoms with E-state index in [-0.39, 0.29) is 12.1 Å². The van der Waals surface area contributed by atoms with E-state index in [0.717, 1.165) is 6.07 Å². The van der Waals surface area contributed by atoms with E-state index in [2.05, 4.69) is 15.4 Å². The Morgan fingerprint density at radius 3 is 2.58 bits per heavy atom. The van der Waals surface area contributed by atoms with Gasteiger partial charge in [0.05, 0.1) is 12.1 Å². The molecule has 0 aliphatic rings. The van der Waals surface area contributed by atoms with E-state index in [1.807, 2.05) is 0 Å². The van der Waals surface area contributed by atoms with Crippen LogP contribution in [0.25, 0.3) is 0 Å². The summed E-state index contributed by atoms with van der Waals surface area (Å²) >= 11 is 0. The van der Waals surface area contributed by atoms with Crippen molar-refractivity contribution in [2.45, 2.75) is 19.3 Å². The summed E-state index contributed by atoms with van der Waals surface area (Å²) in [5.41, 5.74) is -0.401. The van der Waals surface area contributed by atoms with Crippen molar-refractivity contribution in [1.82, 2.24) is 20.1 Å². The van der Waals surface area contributed by atoms with E-state index < -0.39 is 11.7 Å². The lowest BCUT2D eigenvalue weighted by molar-refractivity contribution is -0.138. The monoisotopic (exact) mass is 270 g/mol. The minimum absolute atomic E-state index is 0.119. The molecule has 2 aromatic rings. The minimum atomic E-state index is -4.33. The predicted octanol–water partition coefficient (Wildman–Crippen LogP) is 2.12. The van der Waals surface area contributed by atoms with Gasteiger partial charge in [-0.3, -0.25) is 4.68 Å². The van der Waals surface area contributed by atoms with Crippen LogP contribution in [0, 0.1) is 0 Å². The van der Waals surface area contributed by atoms with Crippen molar-refractivity contribution in [2.24, 2.45) is 7.05 Å². The lowest BCUT2D eigenvalue weighted by Crippen LogP contribution is -2.18. The molecule has 0 aliphatic carbocycles. The highest BCUT2D eigenvalue weighted by Gasteiger charge is 2.32. The summed E-state index contributed by atoms with van der Waals surface area (Å²) < 4.78 is 39.8. The summed E-state index contributed by atoms with van der Waals surface area (Å²) in [5, 5.41) is 6.94. The van der Waals surface area contributed by atoms with Gasteiger partial charge in [0.2, 0.25) is 0 Å². The Morgan fingerprint density at radius 2 is 1.95 bits per heavy atom. The second-order valence-electron chi connectivity index (χ2n) is 4.09. The normalized spacial score (nSPS) is 11.8. The molecule has 2 rings (SSSR count). The maximum absolute atomic E-state index is 12.7. The molecule has 7 heteroatoms. The molecule has 0 saturated carbocycles. The highest BCUT2D eigenvalue weighted by atomic mass is 19.4.